The van der Waals surface area contributed by atoms with Gasteiger partial charge in [0, 0.05) is 11.6 Å². The van der Waals surface area contributed by atoms with Gasteiger partial charge in [-0.2, -0.15) is 0 Å². The topological polar surface area (TPSA) is 89.9 Å². The normalized spacial score (nSPS) is 10.6. The van der Waals surface area contributed by atoms with Crippen molar-refractivity contribution in [3.05, 3.63) is 47.4 Å². The predicted molar refractivity (Wildman–Crippen MR) is 85.7 cm³/mol. The second-order valence-electron chi connectivity index (χ2n) is 4.96. The van der Waals surface area contributed by atoms with E-state index in [1.54, 1.807) is 6.92 Å². The van der Waals surface area contributed by atoms with E-state index in [4.69, 9.17) is 0 Å². The van der Waals surface area contributed by atoms with Gasteiger partial charge in [-0.1, -0.05) is 18.2 Å². The number of aromatic nitrogens is 4. The Balaban J connectivity index is 1.93. The lowest BCUT2D eigenvalue weighted by molar-refractivity contribution is 0.0599. The molecule has 0 atom stereocenters. The zero-order valence-electron chi connectivity index (χ0n) is 13.0. The number of anilines is 2. The first-order valence-corrected chi connectivity index (χ1v) is 7.01. The van der Waals surface area contributed by atoms with Crippen molar-refractivity contribution in [2.24, 2.45) is 0 Å². The fourth-order valence-electron chi connectivity index (χ4n) is 2.23. The Hall–Kier alpha value is -3.09. The Morgan fingerprint density at radius 2 is 1.78 bits per heavy atom. The molecule has 3 aromatic rings. The Morgan fingerprint density at radius 3 is 2.52 bits per heavy atom. The molecular formula is C16H15N5O2. The molecule has 7 nitrogen and oxygen atoms in total. The Bertz CT molecular complexity index is 895. The second kappa shape index (κ2) is 5.96. The number of nitrogens with zero attached hydrogens (tertiary/aromatic N) is 4. The first-order valence-electron chi connectivity index (χ1n) is 7.01. The molecule has 0 spiro atoms. The molecule has 1 N–H and O–H groups in total. The minimum Gasteiger partial charge on any atom is -0.465 e. The molecule has 0 saturated heterocycles. The highest BCUT2D eigenvalue weighted by Gasteiger charge is 2.12. The number of aryl methyl sites for hydroxylation is 2. The van der Waals surface area contributed by atoms with Crippen molar-refractivity contribution >= 4 is 28.8 Å². The van der Waals surface area contributed by atoms with Gasteiger partial charge in [-0.25, -0.2) is 24.7 Å². The summed E-state index contributed by atoms with van der Waals surface area (Å²) < 4.78 is 4.68. The molecule has 0 unspecified atom stereocenters. The van der Waals surface area contributed by atoms with Gasteiger partial charge in [-0.05, 0) is 19.9 Å². The van der Waals surface area contributed by atoms with Gasteiger partial charge in [-0.3, -0.25) is 5.32 Å². The molecule has 2 aromatic heterocycles. The van der Waals surface area contributed by atoms with Crippen LogP contribution in [0.25, 0.3) is 10.9 Å². The van der Waals surface area contributed by atoms with E-state index in [2.05, 4.69) is 30.0 Å². The molecule has 23 heavy (non-hydrogen) atoms. The van der Waals surface area contributed by atoms with Crippen molar-refractivity contribution in [2.75, 3.05) is 12.4 Å². The average molecular weight is 309 g/mol. The maximum atomic E-state index is 11.5. The third-order valence-electron chi connectivity index (χ3n) is 3.40. The zero-order chi connectivity index (χ0) is 16.4. The number of carbonyl (C=O) groups excluding carboxylic acids is 1. The van der Waals surface area contributed by atoms with E-state index in [-0.39, 0.29) is 0 Å². The van der Waals surface area contributed by atoms with E-state index in [9.17, 15) is 4.79 Å². The summed E-state index contributed by atoms with van der Waals surface area (Å²) in [6.45, 7) is 3.63. The molecule has 0 amide bonds. The van der Waals surface area contributed by atoms with Gasteiger partial charge < -0.3 is 4.74 Å². The van der Waals surface area contributed by atoms with Crippen LogP contribution in [0.5, 0.6) is 0 Å². The Morgan fingerprint density at radius 1 is 1.04 bits per heavy atom. The van der Waals surface area contributed by atoms with Crippen molar-refractivity contribution in [1.29, 1.82) is 0 Å². The number of carbonyl (C=O) groups is 1. The van der Waals surface area contributed by atoms with E-state index in [0.717, 1.165) is 16.6 Å². The van der Waals surface area contributed by atoms with Crippen LogP contribution in [0.4, 0.5) is 11.9 Å². The molecule has 7 heteroatoms. The molecular weight excluding hydrogens is 294 g/mol. The smallest absolute Gasteiger partial charge is 0.341 e. The number of methoxy groups -OCH3 is 1. The third-order valence-corrected chi connectivity index (χ3v) is 3.40. The molecule has 0 aliphatic rings. The van der Waals surface area contributed by atoms with Crippen molar-refractivity contribution < 1.29 is 9.53 Å². The van der Waals surface area contributed by atoms with Crippen molar-refractivity contribution in [1.82, 2.24) is 19.9 Å². The van der Waals surface area contributed by atoms with E-state index in [0.29, 0.717) is 23.2 Å². The summed E-state index contributed by atoms with van der Waals surface area (Å²) in [4.78, 5) is 28.7. The second-order valence-corrected chi connectivity index (χ2v) is 4.96. The van der Waals surface area contributed by atoms with Crippen molar-refractivity contribution in [3.63, 3.8) is 0 Å². The monoisotopic (exact) mass is 309 g/mol. The van der Waals surface area contributed by atoms with Gasteiger partial charge >= 0.3 is 5.97 Å². The summed E-state index contributed by atoms with van der Waals surface area (Å²) in [6.07, 6.45) is 1.42. The summed E-state index contributed by atoms with van der Waals surface area (Å²) in [5, 5.41) is 3.96. The molecule has 1 aromatic carbocycles. The van der Waals surface area contributed by atoms with Crippen molar-refractivity contribution in [2.45, 2.75) is 13.8 Å². The summed E-state index contributed by atoms with van der Waals surface area (Å²) in [7, 11) is 1.32. The van der Waals surface area contributed by atoms with Gasteiger partial charge in [0.15, 0.2) is 0 Å². The van der Waals surface area contributed by atoms with Crippen LogP contribution in [-0.2, 0) is 4.74 Å². The predicted octanol–water partition coefficient (Wildman–Crippen LogP) is 2.57. The van der Waals surface area contributed by atoms with Crippen LogP contribution in [0.15, 0.2) is 30.5 Å². The minimum atomic E-state index is -0.466. The van der Waals surface area contributed by atoms with Gasteiger partial charge in [0.2, 0.25) is 11.9 Å². The lowest BCUT2D eigenvalue weighted by Crippen LogP contribution is -2.09. The Kier molecular flexibility index (Phi) is 3.84. The van der Waals surface area contributed by atoms with Gasteiger partial charge in [0.1, 0.15) is 0 Å². The van der Waals surface area contributed by atoms with Crippen LogP contribution in [0.2, 0.25) is 0 Å². The third kappa shape index (κ3) is 2.94. The molecule has 0 fully saturated rings. The quantitative estimate of drug-likeness (QED) is 0.743. The SMILES string of the molecule is COC(=O)c1cnc(Nc2nc(C)c3ccccc3n2)nc1C. The van der Waals surface area contributed by atoms with E-state index < -0.39 is 5.97 Å². The highest BCUT2D eigenvalue weighted by molar-refractivity contribution is 5.90. The lowest BCUT2D eigenvalue weighted by atomic mass is 10.2. The van der Waals surface area contributed by atoms with Crippen LogP contribution in [0.1, 0.15) is 21.7 Å². The highest BCUT2D eigenvalue weighted by atomic mass is 16.5. The minimum absolute atomic E-state index is 0.324. The molecule has 2 heterocycles. The highest BCUT2D eigenvalue weighted by Crippen LogP contribution is 2.18. The fourth-order valence-corrected chi connectivity index (χ4v) is 2.23. The summed E-state index contributed by atoms with van der Waals surface area (Å²) in [5.74, 6) is 0.267. The molecule has 0 bridgehead atoms. The number of benzene rings is 1. The van der Waals surface area contributed by atoms with E-state index in [1.165, 1.54) is 13.3 Å². The molecule has 0 aliphatic heterocycles. The number of rotatable bonds is 3. The van der Waals surface area contributed by atoms with Crippen molar-refractivity contribution in [3.8, 4) is 0 Å². The van der Waals surface area contributed by atoms with Crippen LogP contribution in [0, 0.1) is 13.8 Å². The van der Waals surface area contributed by atoms with E-state index in [1.807, 2.05) is 31.2 Å². The number of fused-ring (bicyclic) bond motifs is 1. The first kappa shape index (κ1) is 14.8. The lowest BCUT2D eigenvalue weighted by Gasteiger charge is -2.08. The summed E-state index contributed by atoms with van der Waals surface area (Å²) in [6, 6.07) is 7.76. The van der Waals surface area contributed by atoms with Crippen LogP contribution in [0.3, 0.4) is 0 Å². The number of para-hydroxylation sites is 1. The van der Waals surface area contributed by atoms with Gasteiger partial charge in [0.25, 0.3) is 0 Å². The number of ether oxygens (including phenoxy) is 1. The number of nitrogens with one attached hydrogen (secondary N) is 1. The average Bonchev–Trinajstić information content (AvgIpc) is 2.54. The summed E-state index contributed by atoms with van der Waals surface area (Å²) in [5.41, 5.74) is 2.55. The standard InChI is InChI=1S/C16H15N5O2/c1-9-11-6-4-5-7-13(11)20-16(19-9)21-15-17-8-12(10(2)18-15)14(22)23-3/h4-8H,1-3H3,(H,17,18,19,20,21). The van der Waals surface area contributed by atoms with Gasteiger partial charge in [-0.15, -0.1) is 0 Å². The fraction of sp³-hybridized carbons (Fsp3) is 0.188. The van der Waals surface area contributed by atoms with Gasteiger partial charge in [0.05, 0.1) is 29.6 Å². The van der Waals surface area contributed by atoms with Crippen LogP contribution in [-0.4, -0.2) is 33.0 Å². The molecule has 0 radical (unpaired) electrons. The zero-order valence-corrected chi connectivity index (χ0v) is 13.0. The van der Waals surface area contributed by atoms with Crippen LogP contribution < -0.4 is 5.32 Å². The Labute approximate surface area is 132 Å². The first-order chi connectivity index (χ1) is 11.1. The molecule has 0 saturated carbocycles. The maximum absolute atomic E-state index is 11.5. The maximum Gasteiger partial charge on any atom is 0.341 e. The van der Waals surface area contributed by atoms with E-state index >= 15 is 0 Å². The number of esters is 1. The number of hydrogen-bond donors (Lipinski definition) is 1. The number of hydrogen-bond acceptors (Lipinski definition) is 7. The molecule has 0 aliphatic carbocycles. The largest absolute Gasteiger partial charge is 0.465 e. The van der Waals surface area contributed by atoms with Crippen LogP contribution >= 0.6 is 0 Å². The summed E-state index contributed by atoms with van der Waals surface area (Å²) >= 11 is 0. The molecule has 3 rings (SSSR count). The molecule has 116 valence electrons.